The van der Waals surface area contributed by atoms with E-state index in [0.717, 1.165) is 24.1 Å². The SMILES string of the molecule is NCCC(=O)N1CCCc2cc(C(=O)O)ccc21. The number of amides is 1. The quantitative estimate of drug-likeness (QED) is 0.836. The normalized spacial score (nSPS) is 14.2. The molecule has 1 amide bonds. The Morgan fingerprint density at radius 2 is 2.17 bits per heavy atom. The van der Waals surface area contributed by atoms with E-state index >= 15 is 0 Å². The first-order valence-corrected chi connectivity index (χ1v) is 6.00. The first-order chi connectivity index (χ1) is 8.63. The highest BCUT2D eigenvalue weighted by Crippen LogP contribution is 2.28. The number of carbonyl (C=O) groups excluding carboxylic acids is 1. The number of aryl methyl sites for hydroxylation is 1. The lowest BCUT2D eigenvalue weighted by molar-refractivity contribution is -0.118. The molecule has 0 bridgehead atoms. The van der Waals surface area contributed by atoms with Gasteiger partial charge in [0.2, 0.25) is 5.91 Å². The van der Waals surface area contributed by atoms with E-state index in [-0.39, 0.29) is 11.5 Å². The standard InChI is InChI=1S/C13H16N2O3/c14-6-5-12(16)15-7-1-2-9-8-10(13(17)18)3-4-11(9)15/h3-4,8H,1-2,5-7,14H2,(H,17,18). The van der Waals surface area contributed by atoms with E-state index in [0.29, 0.717) is 19.5 Å². The van der Waals surface area contributed by atoms with Crippen molar-refractivity contribution in [3.05, 3.63) is 29.3 Å². The van der Waals surface area contributed by atoms with Gasteiger partial charge >= 0.3 is 5.97 Å². The summed E-state index contributed by atoms with van der Waals surface area (Å²) in [4.78, 5) is 24.5. The predicted molar refractivity (Wildman–Crippen MR) is 67.7 cm³/mol. The molecule has 18 heavy (non-hydrogen) atoms. The highest BCUT2D eigenvalue weighted by atomic mass is 16.4. The summed E-state index contributed by atoms with van der Waals surface area (Å²) in [6.07, 6.45) is 1.98. The van der Waals surface area contributed by atoms with E-state index in [9.17, 15) is 9.59 Å². The van der Waals surface area contributed by atoms with Crippen LogP contribution in [0.15, 0.2) is 18.2 Å². The van der Waals surface area contributed by atoms with Crippen molar-refractivity contribution < 1.29 is 14.7 Å². The second-order valence-electron chi connectivity index (χ2n) is 4.34. The van der Waals surface area contributed by atoms with Gasteiger partial charge < -0.3 is 15.7 Å². The molecule has 0 fully saturated rings. The Bertz CT molecular complexity index is 485. The molecule has 96 valence electrons. The van der Waals surface area contributed by atoms with Crippen molar-refractivity contribution in [1.29, 1.82) is 0 Å². The largest absolute Gasteiger partial charge is 0.478 e. The van der Waals surface area contributed by atoms with Gasteiger partial charge in [0.25, 0.3) is 0 Å². The van der Waals surface area contributed by atoms with E-state index in [1.807, 2.05) is 0 Å². The molecule has 0 aromatic heterocycles. The number of hydrogen-bond acceptors (Lipinski definition) is 3. The molecule has 0 saturated carbocycles. The Morgan fingerprint density at radius 3 is 2.83 bits per heavy atom. The topological polar surface area (TPSA) is 83.6 Å². The molecule has 3 N–H and O–H groups in total. The van der Waals surface area contributed by atoms with Crippen LogP contribution in [0, 0.1) is 0 Å². The third-order valence-electron chi connectivity index (χ3n) is 3.10. The number of hydrogen-bond donors (Lipinski definition) is 2. The average molecular weight is 248 g/mol. The number of carbonyl (C=O) groups is 2. The summed E-state index contributed by atoms with van der Waals surface area (Å²) in [5, 5.41) is 8.95. The minimum Gasteiger partial charge on any atom is -0.478 e. The zero-order valence-corrected chi connectivity index (χ0v) is 10.1. The van der Waals surface area contributed by atoms with Crippen molar-refractivity contribution in [1.82, 2.24) is 0 Å². The van der Waals surface area contributed by atoms with Crippen molar-refractivity contribution in [2.24, 2.45) is 5.73 Å². The van der Waals surface area contributed by atoms with Gasteiger partial charge in [0.15, 0.2) is 0 Å². The van der Waals surface area contributed by atoms with Crippen LogP contribution in [0.5, 0.6) is 0 Å². The molecule has 0 spiro atoms. The molecular formula is C13H16N2O3. The highest BCUT2D eigenvalue weighted by Gasteiger charge is 2.22. The highest BCUT2D eigenvalue weighted by molar-refractivity contribution is 5.96. The number of carboxylic acids is 1. The number of carboxylic acid groups (broad SMARTS) is 1. The van der Waals surface area contributed by atoms with Crippen LogP contribution in [-0.4, -0.2) is 30.1 Å². The third kappa shape index (κ3) is 2.36. The number of fused-ring (bicyclic) bond motifs is 1. The first kappa shape index (κ1) is 12.6. The zero-order valence-electron chi connectivity index (χ0n) is 10.1. The van der Waals surface area contributed by atoms with E-state index < -0.39 is 5.97 Å². The smallest absolute Gasteiger partial charge is 0.335 e. The lowest BCUT2D eigenvalue weighted by atomic mass is 9.99. The van der Waals surface area contributed by atoms with Gasteiger partial charge in [0.1, 0.15) is 0 Å². The summed E-state index contributed by atoms with van der Waals surface area (Å²) in [5.74, 6) is -0.940. The molecule has 0 unspecified atom stereocenters. The van der Waals surface area contributed by atoms with Gasteiger partial charge in [0, 0.05) is 25.2 Å². The number of nitrogens with two attached hydrogens (primary N) is 1. The van der Waals surface area contributed by atoms with Crippen LogP contribution in [0.3, 0.4) is 0 Å². The van der Waals surface area contributed by atoms with Gasteiger partial charge in [-0.15, -0.1) is 0 Å². The maximum absolute atomic E-state index is 11.9. The molecule has 0 saturated heterocycles. The minimum absolute atomic E-state index is 0.00141. The van der Waals surface area contributed by atoms with Crippen molar-refractivity contribution in [3.63, 3.8) is 0 Å². The van der Waals surface area contributed by atoms with Crippen molar-refractivity contribution in [3.8, 4) is 0 Å². The van der Waals surface area contributed by atoms with Crippen LogP contribution in [0.1, 0.15) is 28.8 Å². The van der Waals surface area contributed by atoms with E-state index in [1.165, 1.54) is 6.07 Å². The summed E-state index contributed by atoms with van der Waals surface area (Å²) < 4.78 is 0. The molecule has 1 aromatic rings. The van der Waals surface area contributed by atoms with Crippen LogP contribution in [0.4, 0.5) is 5.69 Å². The molecule has 5 heteroatoms. The molecule has 0 atom stereocenters. The van der Waals surface area contributed by atoms with Crippen molar-refractivity contribution >= 4 is 17.6 Å². The average Bonchev–Trinajstić information content (AvgIpc) is 2.37. The summed E-state index contributed by atoms with van der Waals surface area (Å²) in [6, 6.07) is 4.90. The Balaban J connectivity index is 2.32. The molecule has 2 rings (SSSR count). The van der Waals surface area contributed by atoms with Crippen LogP contribution in [0.2, 0.25) is 0 Å². The second-order valence-corrected chi connectivity index (χ2v) is 4.34. The number of aromatic carboxylic acids is 1. The van der Waals surface area contributed by atoms with E-state index in [1.54, 1.807) is 17.0 Å². The molecular weight excluding hydrogens is 232 g/mol. The third-order valence-corrected chi connectivity index (χ3v) is 3.10. The monoisotopic (exact) mass is 248 g/mol. The van der Waals surface area contributed by atoms with Gasteiger partial charge in [0.05, 0.1) is 5.56 Å². The first-order valence-electron chi connectivity index (χ1n) is 6.00. The number of anilines is 1. The van der Waals surface area contributed by atoms with Gasteiger partial charge in [-0.05, 0) is 36.6 Å². The lowest BCUT2D eigenvalue weighted by Gasteiger charge is -2.29. The van der Waals surface area contributed by atoms with E-state index in [4.69, 9.17) is 10.8 Å². The van der Waals surface area contributed by atoms with Crippen LogP contribution in [0.25, 0.3) is 0 Å². The van der Waals surface area contributed by atoms with Gasteiger partial charge in [-0.25, -0.2) is 4.79 Å². The fraction of sp³-hybridized carbons (Fsp3) is 0.385. The Hall–Kier alpha value is -1.88. The maximum Gasteiger partial charge on any atom is 0.335 e. The molecule has 1 aromatic carbocycles. The van der Waals surface area contributed by atoms with Crippen LogP contribution in [-0.2, 0) is 11.2 Å². The zero-order chi connectivity index (χ0) is 13.1. The summed E-state index contributed by atoms with van der Waals surface area (Å²) in [7, 11) is 0. The molecule has 1 aliphatic rings. The van der Waals surface area contributed by atoms with E-state index in [2.05, 4.69) is 0 Å². The van der Waals surface area contributed by atoms with Crippen molar-refractivity contribution in [2.45, 2.75) is 19.3 Å². The fourth-order valence-electron chi connectivity index (χ4n) is 2.25. The molecule has 0 aliphatic carbocycles. The Labute approximate surface area is 105 Å². The maximum atomic E-state index is 11.9. The van der Waals surface area contributed by atoms with Crippen LogP contribution >= 0.6 is 0 Å². The minimum atomic E-state index is -0.941. The Morgan fingerprint density at radius 1 is 1.39 bits per heavy atom. The predicted octanol–water partition coefficient (Wildman–Crippen LogP) is 1.01. The number of benzene rings is 1. The van der Waals surface area contributed by atoms with Gasteiger partial charge in [-0.3, -0.25) is 4.79 Å². The second kappa shape index (κ2) is 5.18. The number of rotatable bonds is 3. The number of nitrogens with zero attached hydrogens (tertiary/aromatic N) is 1. The fourth-order valence-corrected chi connectivity index (χ4v) is 2.25. The van der Waals surface area contributed by atoms with Crippen molar-refractivity contribution in [2.75, 3.05) is 18.0 Å². The van der Waals surface area contributed by atoms with Crippen LogP contribution < -0.4 is 10.6 Å². The molecule has 1 heterocycles. The lowest BCUT2D eigenvalue weighted by Crippen LogP contribution is -2.36. The van der Waals surface area contributed by atoms with Gasteiger partial charge in [-0.1, -0.05) is 0 Å². The Kier molecular flexibility index (Phi) is 3.62. The molecule has 1 aliphatic heterocycles. The summed E-state index contributed by atoms with van der Waals surface area (Å²) in [6.45, 7) is 1.01. The summed E-state index contributed by atoms with van der Waals surface area (Å²) in [5.41, 5.74) is 7.41. The molecule has 0 radical (unpaired) electrons. The van der Waals surface area contributed by atoms with Gasteiger partial charge in [-0.2, -0.15) is 0 Å². The summed E-state index contributed by atoms with van der Waals surface area (Å²) >= 11 is 0. The molecule has 5 nitrogen and oxygen atoms in total.